The van der Waals surface area contributed by atoms with Crippen molar-refractivity contribution in [2.45, 2.75) is 27.2 Å². The lowest BCUT2D eigenvalue weighted by atomic mass is 10.2. The number of nitrogens with zero attached hydrogens (tertiary/aromatic N) is 1. The first kappa shape index (κ1) is 8.99. The van der Waals surface area contributed by atoms with E-state index < -0.39 is 0 Å². The van der Waals surface area contributed by atoms with Crippen LogP contribution in [0.3, 0.4) is 0 Å². The van der Waals surface area contributed by atoms with Gasteiger partial charge in [-0.25, -0.2) is 0 Å². The molecule has 0 saturated heterocycles. The maximum atomic E-state index is 11.6. The van der Waals surface area contributed by atoms with Crippen molar-refractivity contribution < 1.29 is 4.42 Å². The van der Waals surface area contributed by atoms with Gasteiger partial charge in [0.1, 0.15) is 17.0 Å². The van der Waals surface area contributed by atoms with Gasteiger partial charge in [-0.05, 0) is 13.8 Å². The minimum absolute atomic E-state index is 0.110. The van der Waals surface area contributed by atoms with Gasteiger partial charge in [-0.1, -0.05) is 6.92 Å². The largest absolute Gasteiger partial charge is 0.443 e. The van der Waals surface area contributed by atoms with Gasteiger partial charge in [-0.2, -0.15) is 4.98 Å². The number of aromatic amines is 1. The van der Waals surface area contributed by atoms with Crippen LogP contribution in [0.5, 0.6) is 0 Å². The molecule has 0 amide bonds. The summed E-state index contributed by atoms with van der Waals surface area (Å²) < 4.78 is 5.39. The van der Waals surface area contributed by atoms with Crippen LogP contribution in [0.15, 0.2) is 9.21 Å². The van der Waals surface area contributed by atoms with E-state index >= 15 is 0 Å². The second kappa shape index (κ2) is 2.97. The molecule has 2 rings (SSSR count). The van der Waals surface area contributed by atoms with Crippen molar-refractivity contribution in [3.8, 4) is 0 Å². The van der Waals surface area contributed by atoms with Crippen molar-refractivity contribution in [2.24, 2.45) is 0 Å². The molecule has 0 bridgehead atoms. The van der Waals surface area contributed by atoms with Gasteiger partial charge in [0.05, 0.1) is 0 Å². The smallest absolute Gasteiger partial charge is 0.262 e. The molecule has 0 atom stereocenters. The Labute approximate surface area is 81.0 Å². The first-order chi connectivity index (χ1) is 6.63. The minimum Gasteiger partial charge on any atom is -0.443 e. The van der Waals surface area contributed by atoms with E-state index in [1.165, 1.54) is 0 Å². The van der Waals surface area contributed by atoms with E-state index in [1.807, 2.05) is 20.8 Å². The number of H-pyrrole nitrogens is 1. The Hall–Kier alpha value is -1.58. The fourth-order valence-electron chi connectivity index (χ4n) is 1.47. The second-order valence-electron chi connectivity index (χ2n) is 3.33. The number of hydrogen-bond acceptors (Lipinski definition) is 3. The monoisotopic (exact) mass is 192 g/mol. The molecular formula is C10H12N2O2. The lowest BCUT2D eigenvalue weighted by Gasteiger charge is -1.94. The van der Waals surface area contributed by atoms with Crippen molar-refractivity contribution in [1.29, 1.82) is 0 Å². The topological polar surface area (TPSA) is 58.9 Å². The van der Waals surface area contributed by atoms with E-state index in [0.717, 1.165) is 11.3 Å². The van der Waals surface area contributed by atoms with Gasteiger partial charge in [-0.15, -0.1) is 0 Å². The zero-order valence-corrected chi connectivity index (χ0v) is 8.47. The minimum atomic E-state index is -0.110. The Morgan fingerprint density at radius 3 is 2.79 bits per heavy atom. The van der Waals surface area contributed by atoms with Gasteiger partial charge in [-0.3, -0.25) is 4.79 Å². The summed E-state index contributed by atoms with van der Waals surface area (Å²) in [6, 6.07) is 0. The summed E-state index contributed by atoms with van der Waals surface area (Å²) >= 11 is 0. The van der Waals surface area contributed by atoms with Gasteiger partial charge >= 0.3 is 0 Å². The molecule has 1 N–H and O–H groups in total. The number of aryl methyl sites for hydroxylation is 3. The van der Waals surface area contributed by atoms with E-state index in [1.54, 1.807) is 0 Å². The van der Waals surface area contributed by atoms with Gasteiger partial charge in [0.2, 0.25) is 5.71 Å². The Morgan fingerprint density at radius 1 is 1.43 bits per heavy atom. The standard InChI is InChI=1S/C10H12N2O2/c1-4-7-11-9(13)8-5(2)6(3)14-10(8)12-7/h4H2,1-3H3,(H,11,12,13). The van der Waals surface area contributed by atoms with Crippen LogP contribution in [0.4, 0.5) is 0 Å². The summed E-state index contributed by atoms with van der Waals surface area (Å²) in [6.45, 7) is 5.64. The molecule has 0 aromatic carbocycles. The van der Waals surface area contributed by atoms with Crippen LogP contribution in [0, 0.1) is 13.8 Å². The molecule has 0 aliphatic heterocycles. The second-order valence-corrected chi connectivity index (χ2v) is 3.33. The van der Waals surface area contributed by atoms with E-state index in [0.29, 0.717) is 23.3 Å². The van der Waals surface area contributed by atoms with E-state index in [4.69, 9.17) is 4.42 Å². The Bertz CT molecular complexity index is 537. The van der Waals surface area contributed by atoms with E-state index in [9.17, 15) is 4.79 Å². The molecule has 0 saturated carbocycles. The van der Waals surface area contributed by atoms with Crippen LogP contribution in [0.2, 0.25) is 0 Å². The molecule has 2 heterocycles. The number of fused-ring (bicyclic) bond motifs is 1. The summed E-state index contributed by atoms with van der Waals surface area (Å²) in [7, 11) is 0. The van der Waals surface area contributed by atoms with Crippen molar-refractivity contribution >= 4 is 11.1 Å². The molecule has 0 aliphatic rings. The van der Waals surface area contributed by atoms with Gasteiger partial charge in [0.25, 0.3) is 5.56 Å². The maximum absolute atomic E-state index is 11.6. The molecule has 4 nitrogen and oxygen atoms in total. The normalized spacial score (nSPS) is 11.1. The highest BCUT2D eigenvalue weighted by atomic mass is 16.3. The summed E-state index contributed by atoms with van der Waals surface area (Å²) in [4.78, 5) is 18.6. The number of aromatic nitrogens is 2. The SMILES string of the molecule is CCc1nc2oc(C)c(C)c2c(=O)[nH]1. The first-order valence-electron chi connectivity index (χ1n) is 4.62. The van der Waals surface area contributed by atoms with Crippen LogP contribution in [-0.2, 0) is 6.42 Å². The van der Waals surface area contributed by atoms with Crippen molar-refractivity contribution in [3.63, 3.8) is 0 Å². The van der Waals surface area contributed by atoms with Crippen LogP contribution >= 0.6 is 0 Å². The molecule has 0 aliphatic carbocycles. The average Bonchev–Trinajstić information content (AvgIpc) is 2.43. The zero-order chi connectivity index (χ0) is 10.3. The maximum Gasteiger partial charge on any atom is 0.262 e. The highest BCUT2D eigenvalue weighted by Gasteiger charge is 2.12. The lowest BCUT2D eigenvalue weighted by molar-refractivity contribution is 0.561. The predicted molar refractivity (Wildman–Crippen MR) is 53.5 cm³/mol. The molecule has 0 unspecified atom stereocenters. The molecule has 4 heteroatoms. The van der Waals surface area contributed by atoms with Crippen LogP contribution in [-0.4, -0.2) is 9.97 Å². The fraction of sp³-hybridized carbons (Fsp3) is 0.400. The predicted octanol–water partition coefficient (Wildman–Crippen LogP) is 1.70. The quantitative estimate of drug-likeness (QED) is 0.748. The van der Waals surface area contributed by atoms with Crippen molar-refractivity contribution in [3.05, 3.63) is 27.5 Å². The Kier molecular flexibility index (Phi) is 1.91. The third kappa shape index (κ3) is 1.14. The van der Waals surface area contributed by atoms with Gasteiger partial charge in [0.15, 0.2) is 0 Å². The van der Waals surface area contributed by atoms with Crippen molar-refractivity contribution in [2.75, 3.05) is 0 Å². The zero-order valence-electron chi connectivity index (χ0n) is 8.47. The Morgan fingerprint density at radius 2 is 2.14 bits per heavy atom. The molecule has 0 radical (unpaired) electrons. The molecule has 74 valence electrons. The molecule has 2 aromatic heterocycles. The molecule has 2 aromatic rings. The fourth-order valence-corrected chi connectivity index (χ4v) is 1.47. The summed E-state index contributed by atoms with van der Waals surface area (Å²) in [5.74, 6) is 1.42. The molecular weight excluding hydrogens is 180 g/mol. The summed E-state index contributed by atoms with van der Waals surface area (Å²) in [5.41, 5.74) is 1.21. The number of nitrogens with one attached hydrogen (secondary N) is 1. The number of hydrogen-bond donors (Lipinski definition) is 1. The Balaban J connectivity index is 2.90. The number of furan rings is 1. The summed E-state index contributed by atoms with van der Waals surface area (Å²) in [5, 5.41) is 0.569. The third-order valence-electron chi connectivity index (χ3n) is 2.42. The van der Waals surface area contributed by atoms with Crippen LogP contribution in [0.25, 0.3) is 11.1 Å². The third-order valence-corrected chi connectivity index (χ3v) is 2.42. The summed E-state index contributed by atoms with van der Waals surface area (Å²) in [6.07, 6.45) is 0.698. The molecule has 0 fully saturated rings. The van der Waals surface area contributed by atoms with Crippen molar-refractivity contribution in [1.82, 2.24) is 9.97 Å². The van der Waals surface area contributed by atoms with Crippen LogP contribution < -0.4 is 5.56 Å². The number of rotatable bonds is 1. The highest BCUT2D eigenvalue weighted by molar-refractivity contribution is 5.77. The van der Waals surface area contributed by atoms with E-state index in [2.05, 4.69) is 9.97 Å². The lowest BCUT2D eigenvalue weighted by Crippen LogP contribution is -2.10. The molecule has 0 spiro atoms. The molecule has 14 heavy (non-hydrogen) atoms. The van der Waals surface area contributed by atoms with E-state index in [-0.39, 0.29) is 5.56 Å². The highest BCUT2D eigenvalue weighted by Crippen LogP contribution is 2.19. The average molecular weight is 192 g/mol. The van der Waals surface area contributed by atoms with Gasteiger partial charge in [0, 0.05) is 12.0 Å². The first-order valence-corrected chi connectivity index (χ1v) is 4.62. The van der Waals surface area contributed by atoms with Crippen LogP contribution in [0.1, 0.15) is 24.1 Å². The van der Waals surface area contributed by atoms with Gasteiger partial charge < -0.3 is 9.40 Å².